The van der Waals surface area contributed by atoms with Crippen molar-refractivity contribution >= 4 is 5.96 Å². The van der Waals surface area contributed by atoms with Crippen molar-refractivity contribution in [1.82, 2.24) is 15.5 Å². The van der Waals surface area contributed by atoms with Crippen molar-refractivity contribution in [2.75, 3.05) is 39.3 Å². The van der Waals surface area contributed by atoms with Gasteiger partial charge in [-0.05, 0) is 58.4 Å². The highest BCUT2D eigenvalue weighted by Crippen LogP contribution is 2.09. The van der Waals surface area contributed by atoms with Crippen LogP contribution in [0.3, 0.4) is 0 Å². The van der Waals surface area contributed by atoms with Gasteiger partial charge in [0, 0.05) is 6.54 Å². The van der Waals surface area contributed by atoms with Gasteiger partial charge in [-0.3, -0.25) is 5.41 Å². The van der Waals surface area contributed by atoms with Gasteiger partial charge in [0.25, 0.3) is 0 Å². The molecule has 0 aliphatic carbocycles. The number of nitrogens with zero attached hydrogens (tertiary/aromatic N) is 1. The van der Waals surface area contributed by atoms with Crippen molar-refractivity contribution in [1.29, 1.82) is 5.41 Å². The van der Waals surface area contributed by atoms with E-state index in [9.17, 15) is 0 Å². The molecule has 5 nitrogen and oxygen atoms in total. The lowest BCUT2D eigenvalue weighted by molar-refractivity contribution is 0.256. The third-order valence-electron chi connectivity index (χ3n) is 5.33. The van der Waals surface area contributed by atoms with Crippen LogP contribution < -0.4 is 16.4 Å². The van der Waals surface area contributed by atoms with E-state index in [0.717, 1.165) is 26.1 Å². The van der Waals surface area contributed by atoms with Crippen LogP contribution in [-0.4, -0.2) is 50.1 Å². The summed E-state index contributed by atoms with van der Waals surface area (Å²) >= 11 is 0. The number of nitrogens with two attached hydrogens (primary N) is 1. The molecular formula is C23H51N5. The molecule has 0 amide bonds. The Hall–Kier alpha value is -0.810. The molecule has 0 unspecified atom stereocenters. The summed E-state index contributed by atoms with van der Waals surface area (Å²) in [5.74, 6) is 0.0695. The lowest BCUT2D eigenvalue weighted by Gasteiger charge is -2.22. The molecule has 0 aromatic heterocycles. The van der Waals surface area contributed by atoms with Crippen LogP contribution in [0, 0.1) is 5.41 Å². The highest BCUT2D eigenvalue weighted by molar-refractivity contribution is 5.74. The van der Waals surface area contributed by atoms with Gasteiger partial charge in [0.05, 0.1) is 0 Å². The maximum atomic E-state index is 7.13. The van der Waals surface area contributed by atoms with Crippen molar-refractivity contribution in [3.8, 4) is 0 Å². The molecule has 0 fully saturated rings. The molecule has 0 saturated heterocycles. The van der Waals surface area contributed by atoms with Crippen LogP contribution in [0.2, 0.25) is 0 Å². The highest BCUT2D eigenvalue weighted by Gasteiger charge is 2.05. The van der Waals surface area contributed by atoms with Gasteiger partial charge in [-0.2, -0.15) is 0 Å². The molecule has 28 heavy (non-hydrogen) atoms. The predicted octanol–water partition coefficient (Wildman–Crippen LogP) is 4.86. The zero-order valence-corrected chi connectivity index (χ0v) is 19.2. The average molecular weight is 398 g/mol. The molecule has 0 aliphatic heterocycles. The number of unbranched alkanes of at least 4 members (excludes halogenated alkanes) is 10. The van der Waals surface area contributed by atoms with E-state index in [1.165, 1.54) is 103 Å². The number of guanidine groups is 1. The standard InChI is InChI=1S/C23H51N5/c1-3-5-7-9-11-13-20-28(21-14-12-10-8-6-4-2)22-16-18-26-17-15-19-27-23(24)25/h26H,3-22H2,1-2H3,(H4,24,25,27). The molecule has 0 atom stereocenters. The van der Waals surface area contributed by atoms with Gasteiger partial charge in [0.2, 0.25) is 0 Å². The molecular weight excluding hydrogens is 346 g/mol. The monoisotopic (exact) mass is 397 g/mol. The van der Waals surface area contributed by atoms with Crippen LogP contribution in [0.4, 0.5) is 0 Å². The number of rotatable bonds is 22. The van der Waals surface area contributed by atoms with E-state index >= 15 is 0 Å². The van der Waals surface area contributed by atoms with Crippen molar-refractivity contribution in [3.05, 3.63) is 0 Å². The molecule has 0 rings (SSSR count). The second-order valence-corrected chi connectivity index (χ2v) is 8.17. The first-order chi connectivity index (χ1) is 13.7. The highest BCUT2D eigenvalue weighted by atomic mass is 15.1. The van der Waals surface area contributed by atoms with E-state index in [1.54, 1.807) is 0 Å². The molecule has 0 aromatic rings. The maximum Gasteiger partial charge on any atom is 0.185 e. The molecule has 5 N–H and O–H groups in total. The third kappa shape index (κ3) is 21.5. The summed E-state index contributed by atoms with van der Waals surface area (Å²) in [6.07, 6.45) is 18.9. The Bertz CT molecular complexity index is 306. The minimum atomic E-state index is 0.0695. The Balaban J connectivity index is 3.80. The number of nitrogens with one attached hydrogen (secondary N) is 3. The molecule has 5 heteroatoms. The van der Waals surface area contributed by atoms with Crippen LogP contribution in [-0.2, 0) is 0 Å². The fraction of sp³-hybridized carbons (Fsp3) is 0.957. The number of hydrogen-bond acceptors (Lipinski definition) is 3. The molecule has 0 bridgehead atoms. The van der Waals surface area contributed by atoms with Gasteiger partial charge in [0.15, 0.2) is 5.96 Å². The zero-order valence-electron chi connectivity index (χ0n) is 19.2. The fourth-order valence-electron chi connectivity index (χ4n) is 3.56. The van der Waals surface area contributed by atoms with Gasteiger partial charge in [-0.25, -0.2) is 0 Å². The summed E-state index contributed by atoms with van der Waals surface area (Å²) in [4.78, 5) is 2.71. The Morgan fingerprint density at radius 3 is 1.64 bits per heavy atom. The minimum absolute atomic E-state index is 0.0695. The second-order valence-electron chi connectivity index (χ2n) is 8.17. The summed E-state index contributed by atoms with van der Waals surface area (Å²) in [6.45, 7) is 11.2. The zero-order chi connectivity index (χ0) is 20.7. The summed E-state index contributed by atoms with van der Waals surface area (Å²) in [7, 11) is 0. The normalized spacial score (nSPS) is 11.2. The molecule has 0 radical (unpaired) electrons. The van der Waals surface area contributed by atoms with Crippen LogP contribution in [0.25, 0.3) is 0 Å². The van der Waals surface area contributed by atoms with Crippen LogP contribution in [0.5, 0.6) is 0 Å². The Labute approximate surface area is 176 Å². The SMILES string of the molecule is CCCCCCCCN(CCCCCCCC)CCCNCCCNC(=N)N. The van der Waals surface area contributed by atoms with E-state index in [4.69, 9.17) is 11.1 Å². The van der Waals surface area contributed by atoms with E-state index in [0.29, 0.717) is 0 Å². The first kappa shape index (κ1) is 27.2. The van der Waals surface area contributed by atoms with Gasteiger partial charge >= 0.3 is 0 Å². The van der Waals surface area contributed by atoms with Gasteiger partial charge < -0.3 is 21.3 Å². The Morgan fingerprint density at radius 2 is 1.11 bits per heavy atom. The van der Waals surface area contributed by atoms with E-state index in [-0.39, 0.29) is 5.96 Å². The van der Waals surface area contributed by atoms with E-state index < -0.39 is 0 Å². The van der Waals surface area contributed by atoms with Crippen molar-refractivity contribution < 1.29 is 0 Å². The van der Waals surface area contributed by atoms with Crippen molar-refractivity contribution in [2.24, 2.45) is 5.73 Å². The maximum absolute atomic E-state index is 7.13. The largest absolute Gasteiger partial charge is 0.370 e. The molecule has 0 aromatic carbocycles. The van der Waals surface area contributed by atoms with E-state index in [2.05, 4.69) is 29.4 Å². The minimum Gasteiger partial charge on any atom is -0.370 e. The van der Waals surface area contributed by atoms with Crippen molar-refractivity contribution in [2.45, 2.75) is 104 Å². The van der Waals surface area contributed by atoms with Crippen LogP contribution in [0.1, 0.15) is 104 Å². The topological polar surface area (TPSA) is 77.2 Å². The van der Waals surface area contributed by atoms with E-state index in [1.807, 2.05) is 0 Å². The van der Waals surface area contributed by atoms with Crippen LogP contribution >= 0.6 is 0 Å². The molecule has 0 aliphatic rings. The second kappa shape index (κ2) is 22.5. The smallest absolute Gasteiger partial charge is 0.185 e. The first-order valence-electron chi connectivity index (χ1n) is 12.2. The summed E-state index contributed by atoms with van der Waals surface area (Å²) in [5, 5.41) is 13.5. The molecule has 0 saturated carbocycles. The molecule has 0 heterocycles. The average Bonchev–Trinajstić information content (AvgIpc) is 2.68. The van der Waals surface area contributed by atoms with Gasteiger partial charge in [-0.1, -0.05) is 78.1 Å². The predicted molar refractivity (Wildman–Crippen MR) is 125 cm³/mol. The molecule has 0 spiro atoms. The molecule has 168 valence electrons. The summed E-state index contributed by atoms with van der Waals surface area (Å²) < 4.78 is 0. The summed E-state index contributed by atoms with van der Waals surface area (Å²) in [5.41, 5.74) is 5.28. The third-order valence-corrected chi connectivity index (χ3v) is 5.33. The Kier molecular flexibility index (Phi) is 21.8. The van der Waals surface area contributed by atoms with Gasteiger partial charge in [-0.15, -0.1) is 0 Å². The quantitative estimate of drug-likeness (QED) is 0.119. The summed E-state index contributed by atoms with van der Waals surface area (Å²) in [6, 6.07) is 0. The Morgan fingerprint density at radius 1 is 0.643 bits per heavy atom. The fourth-order valence-corrected chi connectivity index (χ4v) is 3.56. The lowest BCUT2D eigenvalue weighted by atomic mass is 10.1. The van der Waals surface area contributed by atoms with Crippen molar-refractivity contribution in [3.63, 3.8) is 0 Å². The van der Waals surface area contributed by atoms with Crippen LogP contribution in [0.15, 0.2) is 0 Å². The van der Waals surface area contributed by atoms with Gasteiger partial charge in [0.1, 0.15) is 0 Å². The first-order valence-corrected chi connectivity index (χ1v) is 12.2. The lowest BCUT2D eigenvalue weighted by Crippen LogP contribution is -2.33. The number of hydrogen-bond donors (Lipinski definition) is 4.